The van der Waals surface area contributed by atoms with Crippen molar-refractivity contribution in [3.8, 4) is 0 Å². The second-order valence-corrected chi connectivity index (χ2v) is 7.56. The zero-order chi connectivity index (χ0) is 16.4. The van der Waals surface area contributed by atoms with Gasteiger partial charge in [-0.25, -0.2) is 0 Å². The monoisotopic (exact) mass is 346 g/mol. The van der Waals surface area contributed by atoms with E-state index in [2.05, 4.69) is 4.40 Å². The average molecular weight is 346 g/mol. The maximum Gasteiger partial charge on any atom is 0.284 e. The first-order valence-electron chi connectivity index (χ1n) is 6.90. The SMILES string of the molecule is Cc1ccc(S(=O)(=O)N=C2SCC(=O)N2c2ccccc2)cc1. The summed E-state index contributed by atoms with van der Waals surface area (Å²) in [4.78, 5) is 13.5. The van der Waals surface area contributed by atoms with Crippen LogP contribution in [0.3, 0.4) is 0 Å². The van der Waals surface area contributed by atoms with Crippen molar-refractivity contribution in [2.45, 2.75) is 11.8 Å². The second-order valence-electron chi connectivity index (χ2n) is 5.02. The minimum atomic E-state index is -3.85. The van der Waals surface area contributed by atoms with E-state index in [1.54, 1.807) is 36.4 Å². The van der Waals surface area contributed by atoms with Crippen LogP contribution in [-0.2, 0) is 14.8 Å². The molecule has 0 atom stereocenters. The third-order valence-corrected chi connectivity index (χ3v) is 5.62. The molecule has 1 aliphatic rings. The lowest BCUT2D eigenvalue weighted by atomic mass is 10.2. The molecule has 2 aromatic carbocycles. The van der Waals surface area contributed by atoms with E-state index >= 15 is 0 Å². The van der Waals surface area contributed by atoms with Crippen LogP contribution in [0, 0.1) is 6.92 Å². The summed E-state index contributed by atoms with van der Waals surface area (Å²) in [5, 5.41) is 0.182. The van der Waals surface area contributed by atoms with Crippen LogP contribution < -0.4 is 4.90 Å². The predicted octanol–water partition coefficient (Wildman–Crippen LogP) is 2.82. The summed E-state index contributed by atoms with van der Waals surface area (Å²) in [7, 11) is -3.85. The largest absolute Gasteiger partial charge is 0.284 e. The van der Waals surface area contributed by atoms with E-state index in [0.29, 0.717) is 5.69 Å². The molecule has 0 bridgehead atoms. The number of anilines is 1. The van der Waals surface area contributed by atoms with Crippen LogP contribution in [-0.4, -0.2) is 25.2 Å². The number of amides is 1. The summed E-state index contributed by atoms with van der Waals surface area (Å²) >= 11 is 1.13. The van der Waals surface area contributed by atoms with Crippen LogP contribution in [0.5, 0.6) is 0 Å². The van der Waals surface area contributed by atoms with Crippen LogP contribution >= 0.6 is 11.8 Å². The highest BCUT2D eigenvalue weighted by molar-refractivity contribution is 8.16. The van der Waals surface area contributed by atoms with E-state index < -0.39 is 10.0 Å². The summed E-state index contributed by atoms with van der Waals surface area (Å²) in [6.07, 6.45) is 0. The number of benzene rings is 2. The molecule has 0 unspecified atom stereocenters. The first-order valence-corrected chi connectivity index (χ1v) is 9.32. The summed E-state index contributed by atoms with van der Waals surface area (Å²) < 4.78 is 28.8. The Balaban J connectivity index is 2.00. The number of thioether (sulfide) groups is 1. The predicted molar refractivity (Wildman–Crippen MR) is 92.2 cm³/mol. The van der Waals surface area contributed by atoms with Gasteiger partial charge >= 0.3 is 0 Å². The van der Waals surface area contributed by atoms with Crippen molar-refractivity contribution in [2.24, 2.45) is 4.40 Å². The average Bonchev–Trinajstić information content (AvgIpc) is 2.88. The summed E-state index contributed by atoms with van der Waals surface area (Å²) in [5.41, 5.74) is 1.58. The molecule has 1 amide bonds. The van der Waals surface area contributed by atoms with Crippen molar-refractivity contribution in [2.75, 3.05) is 10.7 Å². The molecule has 1 fully saturated rings. The van der Waals surface area contributed by atoms with Crippen LogP contribution in [0.4, 0.5) is 5.69 Å². The normalized spacial score (nSPS) is 17.0. The number of carbonyl (C=O) groups is 1. The molecule has 1 aliphatic heterocycles. The fourth-order valence-corrected chi connectivity index (χ4v) is 4.22. The molecule has 7 heteroatoms. The van der Waals surface area contributed by atoms with E-state index in [1.807, 2.05) is 13.0 Å². The zero-order valence-electron chi connectivity index (χ0n) is 12.3. The first kappa shape index (κ1) is 15.8. The Kier molecular flexibility index (Phi) is 4.23. The van der Waals surface area contributed by atoms with Crippen molar-refractivity contribution in [1.82, 2.24) is 0 Å². The molecular formula is C16H14N2O3S2. The van der Waals surface area contributed by atoms with Gasteiger partial charge in [-0.3, -0.25) is 9.69 Å². The highest BCUT2D eigenvalue weighted by Gasteiger charge is 2.31. The van der Waals surface area contributed by atoms with Gasteiger partial charge in [-0.1, -0.05) is 47.7 Å². The Morgan fingerprint density at radius 2 is 1.70 bits per heavy atom. The van der Waals surface area contributed by atoms with Crippen LogP contribution in [0.15, 0.2) is 63.9 Å². The Hall–Kier alpha value is -2.12. The third kappa shape index (κ3) is 3.30. The van der Waals surface area contributed by atoms with Gasteiger partial charge in [0.05, 0.1) is 16.3 Å². The Morgan fingerprint density at radius 1 is 1.04 bits per heavy atom. The van der Waals surface area contributed by atoms with Gasteiger partial charge in [0.1, 0.15) is 0 Å². The van der Waals surface area contributed by atoms with E-state index in [-0.39, 0.29) is 21.7 Å². The number of carbonyl (C=O) groups excluding carboxylic acids is 1. The summed E-state index contributed by atoms with van der Waals surface area (Å²) in [6, 6.07) is 15.4. The Morgan fingerprint density at radius 3 is 2.35 bits per heavy atom. The van der Waals surface area contributed by atoms with Gasteiger partial charge in [0.2, 0.25) is 5.91 Å². The van der Waals surface area contributed by atoms with Crippen molar-refractivity contribution >= 4 is 38.5 Å². The molecule has 3 rings (SSSR count). The lowest BCUT2D eigenvalue weighted by molar-refractivity contribution is -0.115. The fraction of sp³-hybridized carbons (Fsp3) is 0.125. The Labute approximate surface area is 139 Å². The molecule has 0 N–H and O–H groups in total. The van der Waals surface area contributed by atoms with E-state index in [1.165, 1.54) is 17.0 Å². The second kappa shape index (κ2) is 6.17. The molecule has 0 aromatic heterocycles. The number of hydrogen-bond acceptors (Lipinski definition) is 4. The number of hydrogen-bond donors (Lipinski definition) is 0. The lowest BCUT2D eigenvalue weighted by Gasteiger charge is -2.15. The zero-order valence-corrected chi connectivity index (χ0v) is 14.0. The minimum Gasteiger partial charge on any atom is -0.273 e. The number of amidine groups is 1. The fourth-order valence-electron chi connectivity index (χ4n) is 2.13. The van der Waals surface area contributed by atoms with Gasteiger partial charge in [-0.05, 0) is 31.2 Å². The molecule has 1 heterocycles. The van der Waals surface area contributed by atoms with Crippen LogP contribution in [0.2, 0.25) is 0 Å². The standard InChI is InChI=1S/C16H14N2O3S2/c1-12-7-9-14(10-8-12)23(20,21)17-16-18(15(19)11-22-16)13-5-3-2-4-6-13/h2-10H,11H2,1H3. The number of sulfonamides is 1. The van der Waals surface area contributed by atoms with Gasteiger partial charge < -0.3 is 0 Å². The maximum atomic E-state index is 12.4. The van der Waals surface area contributed by atoms with Crippen molar-refractivity contribution in [1.29, 1.82) is 0 Å². The molecule has 0 spiro atoms. The Bertz CT molecular complexity index is 860. The van der Waals surface area contributed by atoms with E-state index in [0.717, 1.165) is 17.3 Å². The van der Waals surface area contributed by atoms with Crippen molar-refractivity contribution in [3.05, 3.63) is 60.2 Å². The molecule has 0 radical (unpaired) electrons. The molecule has 5 nitrogen and oxygen atoms in total. The molecule has 0 aliphatic carbocycles. The van der Waals surface area contributed by atoms with Crippen molar-refractivity contribution < 1.29 is 13.2 Å². The number of nitrogens with zero attached hydrogens (tertiary/aromatic N) is 2. The molecule has 118 valence electrons. The molecule has 0 saturated carbocycles. The number of rotatable bonds is 3. The van der Waals surface area contributed by atoms with Gasteiger partial charge in [0.15, 0.2) is 5.17 Å². The first-order chi connectivity index (χ1) is 11.0. The lowest BCUT2D eigenvalue weighted by Crippen LogP contribution is -2.29. The van der Waals surface area contributed by atoms with Crippen molar-refractivity contribution in [3.63, 3.8) is 0 Å². The summed E-state index contributed by atoms with van der Waals surface area (Å²) in [5.74, 6) is -0.00371. The van der Waals surface area contributed by atoms with Crippen LogP contribution in [0.1, 0.15) is 5.56 Å². The van der Waals surface area contributed by atoms with Gasteiger partial charge in [-0.2, -0.15) is 8.42 Å². The summed E-state index contributed by atoms with van der Waals surface area (Å²) in [6.45, 7) is 1.88. The number of aryl methyl sites for hydroxylation is 1. The topological polar surface area (TPSA) is 66.8 Å². The quantitative estimate of drug-likeness (QED) is 0.857. The third-order valence-electron chi connectivity index (χ3n) is 3.30. The van der Waals surface area contributed by atoms with Gasteiger partial charge in [0, 0.05) is 0 Å². The van der Waals surface area contributed by atoms with E-state index in [4.69, 9.17) is 0 Å². The van der Waals surface area contributed by atoms with Gasteiger partial charge in [0.25, 0.3) is 10.0 Å². The van der Waals surface area contributed by atoms with Crippen LogP contribution in [0.25, 0.3) is 0 Å². The maximum absolute atomic E-state index is 12.4. The molecular weight excluding hydrogens is 332 g/mol. The molecule has 2 aromatic rings. The minimum absolute atomic E-state index is 0.114. The van der Waals surface area contributed by atoms with E-state index in [9.17, 15) is 13.2 Å². The highest BCUT2D eigenvalue weighted by Crippen LogP contribution is 2.28. The molecule has 23 heavy (non-hydrogen) atoms. The molecule has 1 saturated heterocycles. The van der Waals surface area contributed by atoms with Gasteiger partial charge in [-0.15, -0.1) is 4.40 Å². The highest BCUT2D eigenvalue weighted by atomic mass is 32.2. The number of para-hydroxylation sites is 1. The smallest absolute Gasteiger partial charge is 0.273 e.